The molecule has 1 heterocycles. The van der Waals surface area contributed by atoms with Crippen molar-refractivity contribution >= 4 is 42.4 Å². The molecule has 19 heavy (non-hydrogen) atoms. The van der Waals surface area contributed by atoms with Crippen LogP contribution < -0.4 is 21.7 Å². The molecule has 1 rings (SSSR count). The summed E-state index contributed by atoms with van der Waals surface area (Å²) in [7, 11) is 3.42. The highest BCUT2D eigenvalue weighted by atomic mass is 35.5. The van der Waals surface area contributed by atoms with Crippen LogP contribution in [-0.4, -0.2) is 36.6 Å². The van der Waals surface area contributed by atoms with Gasteiger partial charge in [0.05, 0.1) is 5.69 Å². The van der Waals surface area contributed by atoms with E-state index < -0.39 is 0 Å². The molecule has 7 nitrogen and oxygen atoms in total. The number of carbonyl (C=O) groups excluding carboxylic acids is 1. The standard InChI is InChI=1S/C10H18N6O.2ClH/c1-13-10(12)15-4-3-14-9(17)8-5-7(11)6-16(8)2;;/h5-6H,3-4,11H2,1-2H3,(H,14,17)(H3,12,13,15);2*1H. The van der Waals surface area contributed by atoms with Crippen LogP contribution in [0.1, 0.15) is 10.5 Å². The lowest BCUT2D eigenvalue weighted by Gasteiger charge is -2.08. The molecule has 0 aromatic carbocycles. The predicted octanol–water partition coefficient (Wildman–Crippen LogP) is -0.0755. The highest BCUT2D eigenvalue weighted by Crippen LogP contribution is 2.07. The summed E-state index contributed by atoms with van der Waals surface area (Å²) >= 11 is 0. The van der Waals surface area contributed by atoms with E-state index in [1.54, 1.807) is 30.9 Å². The molecule has 0 aliphatic heterocycles. The van der Waals surface area contributed by atoms with Crippen molar-refractivity contribution in [3.8, 4) is 0 Å². The number of guanidine groups is 1. The molecule has 0 bridgehead atoms. The van der Waals surface area contributed by atoms with Crippen LogP contribution in [0.2, 0.25) is 0 Å². The highest BCUT2D eigenvalue weighted by Gasteiger charge is 2.09. The Kier molecular flexibility index (Phi) is 9.71. The van der Waals surface area contributed by atoms with Crippen LogP contribution in [-0.2, 0) is 7.05 Å². The van der Waals surface area contributed by atoms with Gasteiger partial charge in [0.25, 0.3) is 5.91 Å². The van der Waals surface area contributed by atoms with Crippen molar-refractivity contribution in [2.45, 2.75) is 0 Å². The van der Waals surface area contributed by atoms with Gasteiger partial charge in [-0.3, -0.25) is 10.2 Å². The van der Waals surface area contributed by atoms with Gasteiger partial charge in [0.15, 0.2) is 5.96 Å². The van der Waals surface area contributed by atoms with E-state index in [0.29, 0.717) is 24.5 Å². The zero-order chi connectivity index (χ0) is 12.8. The Morgan fingerprint density at radius 1 is 1.37 bits per heavy atom. The van der Waals surface area contributed by atoms with E-state index in [4.69, 9.17) is 11.1 Å². The van der Waals surface area contributed by atoms with E-state index in [2.05, 4.69) is 16.0 Å². The second-order valence-corrected chi connectivity index (χ2v) is 3.58. The maximum absolute atomic E-state index is 11.7. The summed E-state index contributed by atoms with van der Waals surface area (Å²) < 4.78 is 1.67. The molecule has 0 spiro atoms. The molecule has 0 unspecified atom stereocenters. The number of nitrogen functional groups attached to an aromatic ring is 1. The zero-order valence-electron chi connectivity index (χ0n) is 10.8. The third-order valence-corrected chi connectivity index (χ3v) is 2.22. The minimum atomic E-state index is -0.179. The summed E-state index contributed by atoms with van der Waals surface area (Å²) in [6.07, 6.45) is 1.68. The largest absolute Gasteiger partial charge is 0.397 e. The normalized spacial score (nSPS) is 8.74. The molecule has 0 fully saturated rings. The van der Waals surface area contributed by atoms with Gasteiger partial charge in [-0.15, -0.1) is 24.8 Å². The molecule has 1 aromatic rings. The minimum absolute atomic E-state index is 0. The van der Waals surface area contributed by atoms with Crippen molar-refractivity contribution in [2.24, 2.45) is 7.05 Å². The predicted molar refractivity (Wildman–Crippen MR) is 81.4 cm³/mol. The summed E-state index contributed by atoms with van der Waals surface area (Å²) in [6, 6.07) is 1.62. The van der Waals surface area contributed by atoms with Crippen LogP contribution >= 0.6 is 24.8 Å². The summed E-state index contributed by atoms with van der Waals surface area (Å²) in [4.78, 5) is 11.7. The molecule has 110 valence electrons. The maximum Gasteiger partial charge on any atom is 0.268 e. The lowest BCUT2D eigenvalue weighted by atomic mass is 10.4. The average Bonchev–Trinajstić information content (AvgIpc) is 2.63. The topological polar surface area (TPSA) is 108 Å². The summed E-state index contributed by atoms with van der Waals surface area (Å²) in [5.74, 6) is 0.0457. The fourth-order valence-electron chi connectivity index (χ4n) is 1.36. The van der Waals surface area contributed by atoms with E-state index in [9.17, 15) is 4.79 Å². The van der Waals surface area contributed by atoms with Crippen molar-refractivity contribution in [1.29, 1.82) is 5.41 Å². The number of aromatic nitrogens is 1. The fourth-order valence-corrected chi connectivity index (χ4v) is 1.36. The third kappa shape index (κ3) is 6.21. The SMILES string of the molecule is CNC(=N)NCCNC(=O)c1cc(N)cn1C.Cl.Cl. The van der Waals surface area contributed by atoms with E-state index >= 15 is 0 Å². The Labute approximate surface area is 124 Å². The van der Waals surface area contributed by atoms with Gasteiger partial charge in [-0.05, 0) is 6.07 Å². The second-order valence-electron chi connectivity index (χ2n) is 3.58. The summed E-state index contributed by atoms with van der Waals surface area (Å²) in [5.41, 5.74) is 6.66. The Hall–Kier alpha value is -1.60. The first kappa shape index (κ1) is 19.7. The Morgan fingerprint density at radius 2 is 1.95 bits per heavy atom. The zero-order valence-corrected chi connectivity index (χ0v) is 12.5. The third-order valence-electron chi connectivity index (χ3n) is 2.22. The smallest absolute Gasteiger partial charge is 0.268 e. The van der Waals surface area contributed by atoms with Crippen LogP contribution in [0.4, 0.5) is 5.69 Å². The van der Waals surface area contributed by atoms with Gasteiger partial charge >= 0.3 is 0 Å². The molecule has 0 atom stereocenters. The quantitative estimate of drug-likeness (QED) is 0.305. The van der Waals surface area contributed by atoms with E-state index in [1.165, 1.54) is 0 Å². The maximum atomic E-state index is 11.7. The van der Waals surface area contributed by atoms with Crippen molar-refractivity contribution < 1.29 is 4.79 Å². The summed E-state index contributed by atoms with van der Waals surface area (Å²) in [5, 5.41) is 15.4. The van der Waals surface area contributed by atoms with Gasteiger partial charge in [-0.1, -0.05) is 0 Å². The number of nitrogens with one attached hydrogen (secondary N) is 4. The number of carbonyl (C=O) groups is 1. The average molecular weight is 311 g/mol. The first-order valence-corrected chi connectivity index (χ1v) is 5.24. The van der Waals surface area contributed by atoms with Crippen LogP contribution in [0.3, 0.4) is 0 Å². The number of nitrogens with two attached hydrogens (primary N) is 1. The van der Waals surface area contributed by atoms with Crippen molar-refractivity contribution in [3.05, 3.63) is 18.0 Å². The molecule has 1 aromatic heterocycles. The summed E-state index contributed by atoms with van der Waals surface area (Å²) in [6.45, 7) is 0.930. The molecule has 0 saturated carbocycles. The number of nitrogens with zero attached hydrogens (tertiary/aromatic N) is 1. The first-order valence-electron chi connectivity index (χ1n) is 5.24. The number of halogens is 2. The van der Waals surface area contributed by atoms with Gasteiger partial charge < -0.3 is 26.3 Å². The molecule has 0 aliphatic carbocycles. The van der Waals surface area contributed by atoms with Crippen LogP contribution in [0.15, 0.2) is 12.3 Å². The molecular weight excluding hydrogens is 291 g/mol. The van der Waals surface area contributed by atoms with Crippen LogP contribution in [0, 0.1) is 5.41 Å². The number of amides is 1. The van der Waals surface area contributed by atoms with E-state index in [-0.39, 0.29) is 36.7 Å². The van der Waals surface area contributed by atoms with Crippen LogP contribution in [0.25, 0.3) is 0 Å². The van der Waals surface area contributed by atoms with Crippen molar-refractivity contribution in [1.82, 2.24) is 20.5 Å². The van der Waals surface area contributed by atoms with Gasteiger partial charge in [-0.25, -0.2) is 0 Å². The Morgan fingerprint density at radius 3 is 2.42 bits per heavy atom. The van der Waals surface area contributed by atoms with E-state index in [1.807, 2.05) is 0 Å². The molecule has 9 heteroatoms. The number of anilines is 1. The monoisotopic (exact) mass is 310 g/mol. The number of hydrogen-bond donors (Lipinski definition) is 5. The number of rotatable bonds is 4. The van der Waals surface area contributed by atoms with Gasteiger partial charge in [0.2, 0.25) is 0 Å². The lowest BCUT2D eigenvalue weighted by Crippen LogP contribution is -2.39. The molecule has 0 radical (unpaired) electrons. The molecule has 0 aliphatic rings. The lowest BCUT2D eigenvalue weighted by molar-refractivity contribution is 0.0946. The second kappa shape index (κ2) is 9.35. The molecule has 1 amide bonds. The number of aryl methyl sites for hydroxylation is 1. The van der Waals surface area contributed by atoms with Crippen molar-refractivity contribution in [3.63, 3.8) is 0 Å². The molecular formula is C10H20Cl2N6O. The van der Waals surface area contributed by atoms with Crippen LogP contribution in [0.5, 0.6) is 0 Å². The number of hydrogen-bond acceptors (Lipinski definition) is 3. The van der Waals surface area contributed by atoms with Gasteiger partial charge in [-0.2, -0.15) is 0 Å². The van der Waals surface area contributed by atoms with Crippen molar-refractivity contribution in [2.75, 3.05) is 25.9 Å². The van der Waals surface area contributed by atoms with Gasteiger partial charge in [0, 0.05) is 33.4 Å². The van der Waals surface area contributed by atoms with E-state index in [0.717, 1.165) is 0 Å². The molecule has 0 saturated heterocycles. The Bertz CT molecular complexity index is 420. The first-order chi connectivity index (χ1) is 8.04. The molecule has 6 N–H and O–H groups in total. The Balaban J connectivity index is 0. The fraction of sp³-hybridized carbons (Fsp3) is 0.400. The highest BCUT2D eigenvalue weighted by molar-refractivity contribution is 5.93. The minimum Gasteiger partial charge on any atom is -0.397 e. The van der Waals surface area contributed by atoms with Gasteiger partial charge in [0.1, 0.15) is 5.69 Å².